The predicted octanol–water partition coefficient (Wildman–Crippen LogP) is 5.89. The molecule has 0 aliphatic carbocycles. The molecule has 0 radical (unpaired) electrons. The van der Waals surface area contributed by atoms with Gasteiger partial charge in [0.2, 0.25) is 11.0 Å². The molecule has 1 saturated heterocycles. The lowest BCUT2D eigenvalue weighted by Crippen LogP contribution is -2.27. The van der Waals surface area contributed by atoms with Crippen LogP contribution in [0, 0.1) is 0 Å². The predicted molar refractivity (Wildman–Crippen MR) is 137 cm³/mol. The average molecular weight is 507 g/mol. The Morgan fingerprint density at radius 1 is 1.00 bits per heavy atom. The molecule has 170 valence electrons. The van der Waals surface area contributed by atoms with Crippen LogP contribution in [0.1, 0.15) is 26.9 Å². The molecule has 1 aromatic heterocycles. The van der Waals surface area contributed by atoms with Crippen LogP contribution >= 0.6 is 34.7 Å². The number of nitrogens with one attached hydrogen (secondary N) is 1. The summed E-state index contributed by atoms with van der Waals surface area (Å²) in [6.45, 7) is 0.511. The maximum Gasteiger partial charge on any atom is 0.257 e. The van der Waals surface area contributed by atoms with Gasteiger partial charge in [-0.25, -0.2) is 0 Å². The summed E-state index contributed by atoms with van der Waals surface area (Å²) >= 11 is 8.89. The summed E-state index contributed by atoms with van der Waals surface area (Å²) in [4.78, 5) is 27.1. The zero-order chi connectivity index (χ0) is 23.5. The first-order valence-corrected chi connectivity index (χ1v) is 12.8. The number of carbonyl (C=O) groups excluding carboxylic acids is 2. The van der Waals surface area contributed by atoms with Gasteiger partial charge in [-0.05, 0) is 35.4 Å². The first-order valence-electron chi connectivity index (χ1n) is 10.5. The monoisotopic (exact) mass is 506 g/mol. The molecule has 6 nitrogen and oxygen atoms in total. The first kappa shape index (κ1) is 22.6. The normalized spacial score (nSPS) is 15.5. The van der Waals surface area contributed by atoms with Crippen molar-refractivity contribution in [1.29, 1.82) is 0 Å². The number of hydrogen-bond acceptors (Lipinski definition) is 6. The third-order valence-corrected chi connectivity index (χ3v) is 7.75. The van der Waals surface area contributed by atoms with E-state index < -0.39 is 0 Å². The number of anilines is 1. The minimum Gasteiger partial charge on any atom is -0.322 e. The fraction of sp³-hybridized carbons (Fsp3) is 0.120. The van der Waals surface area contributed by atoms with E-state index in [1.54, 1.807) is 23.9 Å². The van der Waals surface area contributed by atoms with Crippen LogP contribution in [0.2, 0.25) is 5.02 Å². The number of carbonyl (C=O) groups is 2. The summed E-state index contributed by atoms with van der Waals surface area (Å²) in [5, 5.41) is 12.8. The summed E-state index contributed by atoms with van der Waals surface area (Å²) in [5.74, 6) is 0.272. The molecule has 0 spiro atoms. The molecule has 1 N–H and O–H groups in total. The Morgan fingerprint density at radius 2 is 1.74 bits per heavy atom. The molecule has 1 fully saturated rings. The lowest BCUT2D eigenvalue weighted by Gasteiger charge is -2.24. The molecule has 0 unspecified atom stereocenters. The van der Waals surface area contributed by atoms with Crippen LogP contribution in [0.4, 0.5) is 5.13 Å². The zero-order valence-electron chi connectivity index (χ0n) is 17.8. The van der Waals surface area contributed by atoms with E-state index in [0.717, 1.165) is 21.7 Å². The zero-order valence-corrected chi connectivity index (χ0v) is 20.2. The van der Waals surface area contributed by atoms with Gasteiger partial charge in [-0.3, -0.25) is 14.9 Å². The Bertz CT molecular complexity index is 1310. The number of hydrogen-bond donors (Lipinski definition) is 1. The molecule has 34 heavy (non-hydrogen) atoms. The van der Waals surface area contributed by atoms with E-state index in [1.807, 2.05) is 71.6 Å². The van der Waals surface area contributed by atoms with Gasteiger partial charge in [-0.15, -0.1) is 22.0 Å². The van der Waals surface area contributed by atoms with Crippen molar-refractivity contribution >= 4 is 51.6 Å². The van der Waals surface area contributed by atoms with E-state index in [9.17, 15) is 9.59 Å². The quantitative estimate of drug-likeness (QED) is 0.353. The Hall–Kier alpha value is -3.20. The SMILES string of the molecule is O=C(Nc1nnc(-c2ccccc2)s1)c1ccc([C@@H]2SCC(=O)N2Cc2ccc(Cl)cc2)cc1. The summed E-state index contributed by atoms with van der Waals surface area (Å²) in [5.41, 5.74) is 3.47. The molecule has 0 bridgehead atoms. The number of nitrogens with zero attached hydrogens (tertiary/aromatic N) is 3. The van der Waals surface area contributed by atoms with Crippen molar-refractivity contribution in [2.24, 2.45) is 0 Å². The average Bonchev–Trinajstić information content (AvgIpc) is 3.48. The highest BCUT2D eigenvalue weighted by Gasteiger charge is 2.32. The number of rotatable bonds is 6. The third-order valence-electron chi connectivity index (χ3n) is 5.36. The fourth-order valence-corrected chi connectivity index (χ4v) is 5.69. The lowest BCUT2D eigenvalue weighted by atomic mass is 10.1. The second-order valence-corrected chi connectivity index (χ2v) is 10.1. The van der Waals surface area contributed by atoms with E-state index >= 15 is 0 Å². The van der Waals surface area contributed by atoms with E-state index in [2.05, 4.69) is 15.5 Å². The highest BCUT2D eigenvalue weighted by atomic mass is 35.5. The minimum absolute atomic E-state index is 0.0947. The van der Waals surface area contributed by atoms with Gasteiger partial charge in [0.05, 0.1) is 5.75 Å². The van der Waals surface area contributed by atoms with Crippen LogP contribution in [-0.2, 0) is 11.3 Å². The number of amides is 2. The molecule has 9 heteroatoms. The molecular weight excluding hydrogens is 488 g/mol. The molecule has 2 amide bonds. The molecular formula is C25H19ClN4O2S2. The van der Waals surface area contributed by atoms with Gasteiger partial charge in [-0.1, -0.05) is 77.5 Å². The molecule has 1 atom stereocenters. The molecule has 4 aromatic rings. The van der Waals surface area contributed by atoms with Gasteiger partial charge >= 0.3 is 0 Å². The van der Waals surface area contributed by atoms with E-state index in [4.69, 9.17) is 11.6 Å². The van der Waals surface area contributed by atoms with Crippen molar-refractivity contribution in [3.05, 3.63) is 101 Å². The van der Waals surface area contributed by atoms with Crippen LogP contribution in [0.25, 0.3) is 10.6 Å². The van der Waals surface area contributed by atoms with Gasteiger partial charge < -0.3 is 4.90 Å². The Labute approximate surface area is 210 Å². The highest BCUT2D eigenvalue weighted by Crippen LogP contribution is 2.39. The van der Waals surface area contributed by atoms with Crippen LogP contribution in [-0.4, -0.2) is 32.7 Å². The van der Waals surface area contributed by atoms with Crippen molar-refractivity contribution in [3.8, 4) is 10.6 Å². The van der Waals surface area contributed by atoms with Crippen molar-refractivity contribution in [3.63, 3.8) is 0 Å². The van der Waals surface area contributed by atoms with Gasteiger partial charge in [0.25, 0.3) is 5.91 Å². The standard InChI is InChI=1S/C25H19ClN4O2S2/c26-20-12-6-16(7-13-20)14-30-21(31)15-33-24(30)19-10-8-17(9-11-19)22(32)27-25-29-28-23(34-25)18-4-2-1-3-5-18/h1-13,24H,14-15H2,(H,27,29,32)/t24-/m0/s1. The van der Waals surface area contributed by atoms with Crippen molar-refractivity contribution in [2.45, 2.75) is 11.9 Å². The molecule has 3 aromatic carbocycles. The van der Waals surface area contributed by atoms with Crippen molar-refractivity contribution in [2.75, 3.05) is 11.1 Å². The summed E-state index contributed by atoms with van der Waals surface area (Å²) in [6, 6.07) is 24.6. The second-order valence-electron chi connectivity index (χ2n) is 7.67. The fourth-order valence-electron chi connectivity index (χ4n) is 3.63. The highest BCUT2D eigenvalue weighted by molar-refractivity contribution is 8.00. The molecule has 5 rings (SSSR count). The molecule has 1 aliphatic heterocycles. The topological polar surface area (TPSA) is 75.2 Å². The smallest absolute Gasteiger partial charge is 0.257 e. The van der Waals surface area contributed by atoms with Gasteiger partial charge in [0.1, 0.15) is 10.4 Å². The number of thioether (sulfide) groups is 1. The Balaban J connectivity index is 1.26. The molecule has 1 aliphatic rings. The van der Waals surface area contributed by atoms with Crippen LogP contribution in [0.3, 0.4) is 0 Å². The van der Waals surface area contributed by atoms with E-state index in [-0.39, 0.29) is 17.2 Å². The van der Waals surface area contributed by atoms with Crippen LogP contribution in [0.5, 0.6) is 0 Å². The molecule has 2 heterocycles. The van der Waals surface area contributed by atoms with E-state index in [1.165, 1.54) is 11.3 Å². The van der Waals surface area contributed by atoms with Gasteiger partial charge in [0, 0.05) is 22.7 Å². The maximum absolute atomic E-state index is 12.7. The Kier molecular flexibility index (Phi) is 6.62. The van der Waals surface area contributed by atoms with Gasteiger partial charge in [0.15, 0.2) is 0 Å². The Morgan fingerprint density at radius 3 is 2.47 bits per heavy atom. The van der Waals surface area contributed by atoms with Crippen molar-refractivity contribution in [1.82, 2.24) is 15.1 Å². The summed E-state index contributed by atoms with van der Waals surface area (Å²) < 4.78 is 0. The van der Waals surface area contributed by atoms with Crippen LogP contribution in [0.15, 0.2) is 78.9 Å². The second kappa shape index (κ2) is 9.97. The van der Waals surface area contributed by atoms with Crippen LogP contribution < -0.4 is 5.32 Å². The summed E-state index contributed by atoms with van der Waals surface area (Å²) in [7, 11) is 0. The summed E-state index contributed by atoms with van der Waals surface area (Å²) in [6.07, 6.45) is 0. The lowest BCUT2D eigenvalue weighted by molar-refractivity contribution is -0.128. The van der Waals surface area contributed by atoms with E-state index in [0.29, 0.717) is 28.0 Å². The molecule has 0 saturated carbocycles. The third kappa shape index (κ3) is 4.99. The number of halogens is 1. The largest absolute Gasteiger partial charge is 0.322 e. The van der Waals surface area contributed by atoms with Gasteiger partial charge in [-0.2, -0.15) is 0 Å². The van der Waals surface area contributed by atoms with Crippen molar-refractivity contribution < 1.29 is 9.59 Å². The minimum atomic E-state index is -0.254. The number of aromatic nitrogens is 2. The first-order chi connectivity index (χ1) is 16.6. The maximum atomic E-state index is 12.7. The number of benzene rings is 3.